The number of benzene rings is 1. The third-order valence-electron chi connectivity index (χ3n) is 4.76. The van der Waals surface area contributed by atoms with Gasteiger partial charge in [-0.3, -0.25) is 15.1 Å². The summed E-state index contributed by atoms with van der Waals surface area (Å²) in [5.41, 5.74) is 7.24. The van der Waals surface area contributed by atoms with E-state index in [0.717, 1.165) is 43.9 Å². The van der Waals surface area contributed by atoms with Gasteiger partial charge in [-0.15, -0.1) is 0 Å². The number of nitrogens with one attached hydrogen (secondary N) is 2. The van der Waals surface area contributed by atoms with Gasteiger partial charge in [0.15, 0.2) is 0 Å². The van der Waals surface area contributed by atoms with Crippen molar-refractivity contribution < 1.29 is 0 Å². The SMILES string of the molecule is CC(C)Cc1cc(CN2CCc3[nH]nc(-c4ccccc4)c3C2)[nH]n1. The smallest absolute Gasteiger partial charge is 0.0968 e. The molecule has 5 heteroatoms. The van der Waals surface area contributed by atoms with Crippen LogP contribution in [0.2, 0.25) is 0 Å². The molecule has 0 fully saturated rings. The molecule has 0 bridgehead atoms. The zero-order valence-electron chi connectivity index (χ0n) is 14.9. The average molecular weight is 335 g/mol. The normalized spacial score (nSPS) is 14.8. The van der Waals surface area contributed by atoms with Crippen LogP contribution in [0.25, 0.3) is 11.3 Å². The van der Waals surface area contributed by atoms with Crippen molar-refractivity contribution >= 4 is 0 Å². The van der Waals surface area contributed by atoms with Crippen LogP contribution in [0.3, 0.4) is 0 Å². The molecule has 0 unspecified atom stereocenters. The fourth-order valence-corrected chi connectivity index (χ4v) is 3.57. The minimum absolute atomic E-state index is 0.632. The van der Waals surface area contributed by atoms with Crippen molar-refractivity contribution in [2.45, 2.75) is 39.8 Å². The summed E-state index contributed by atoms with van der Waals surface area (Å²) in [6.45, 7) is 7.33. The first-order chi connectivity index (χ1) is 12.2. The van der Waals surface area contributed by atoms with Gasteiger partial charge in [-0.2, -0.15) is 10.2 Å². The molecule has 0 saturated heterocycles. The third-order valence-corrected chi connectivity index (χ3v) is 4.76. The molecule has 0 spiro atoms. The molecule has 130 valence electrons. The molecule has 2 N–H and O–H groups in total. The van der Waals surface area contributed by atoms with Crippen LogP contribution in [0, 0.1) is 5.92 Å². The molecule has 3 aromatic rings. The highest BCUT2D eigenvalue weighted by Crippen LogP contribution is 2.28. The molecule has 0 radical (unpaired) electrons. The van der Waals surface area contributed by atoms with Gasteiger partial charge in [0.1, 0.15) is 0 Å². The van der Waals surface area contributed by atoms with Crippen LogP contribution in [0.5, 0.6) is 0 Å². The summed E-state index contributed by atoms with van der Waals surface area (Å²) in [4.78, 5) is 2.47. The molecule has 4 rings (SSSR count). The summed E-state index contributed by atoms with van der Waals surface area (Å²) in [6.07, 6.45) is 2.04. The molecule has 5 nitrogen and oxygen atoms in total. The lowest BCUT2D eigenvalue weighted by Gasteiger charge is -2.26. The largest absolute Gasteiger partial charge is 0.293 e. The zero-order chi connectivity index (χ0) is 17.2. The highest BCUT2D eigenvalue weighted by atomic mass is 15.2. The fourth-order valence-electron chi connectivity index (χ4n) is 3.57. The maximum Gasteiger partial charge on any atom is 0.0968 e. The molecule has 3 heterocycles. The van der Waals surface area contributed by atoms with E-state index in [1.165, 1.54) is 22.5 Å². The molecule has 1 aliphatic heterocycles. The minimum atomic E-state index is 0.632. The highest BCUT2D eigenvalue weighted by molar-refractivity contribution is 5.64. The quantitative estimate of drug-likeness (QED) is 0.749. The molecule has 1 aliphatic rings. The van der Waals surface area contributed by atoms with Gasteiger partial charge >= 0.3 is 0 Å². The molecule has 0 amide bonds. The van der Waals surface area contributed by atoms with Gasteiger partial charge in [-0.05, 0) is 18.4 Å². The first kappa shape index (κ1) is 16.1. The van der Waals surface area contributed by atoms with Crippen molar-refractivity contribution in [3.05, 3.63) is 59.0 Å². The fraction of sp³-hybridized carbons (Fsp3) is 0.400. The van der Waals surface area contributed by atoms with Crippen LogP contribution in [0.15, 0.2) is 36.4 Å². The van der Waals surface area contributed by atoms with Gasteiger partial charge in [0, 0.05) is 48.6 Å². The molecule has 2 aromatic heterocycles. The first-order valence-corrected chi connectivity index (χ1v) is 9.06. The van der Waals surface area contributed by atoms with E-state index >= 15 is 0 Å². The Hall–Kier alpha value is -2.40. The molecule has 25 heavy (non-hydrogen) atoms. The maximum atomic E-state index is 4.57. The number of aromatic amines is 2. The molecule has 0 aliphatic carbocycles. The van der Waals surface area contributed by atoms with E-state index in [1.807, 2.05) is 6.07 Å². The second kappa shape index (κ2) is 6.84. The zero-order valence-corrected chi connectivity index (χ0v) is 14.9. The Labute approximate surface area is 148 Å². The predicted molar refractivity (Wildman–Crippen MR) is 99.0 cm³/mol. The van der Waals surface area contributed by atoms with Gasteiger partial charge in [0.05, 0.1) is 11.4 Å². The molecular formula is C20H25N5. The van der Waals surface area contributed by atoms with E-state index in [0.29, 0.717) is 5.92 Å². The standard InChI is InChI=1S/C20H25N5/c1-14(2)10-16-11-17(22-21-16)12-25-9-8-19-18(13-25)20(24-23-19)15-6-4-3-5-7-15/h3-7,11,14H,8-10,12-13H2,1-2H3,(H,21,22)(H,23,24). The summed E-state index contributed by atoms with van der Waals surface area (Å²) in [5, 5.41) is 15.5. The van der Waals surface area contributed by atoms with Crippen molar-refractivity contribution in [1.29, 1.82) is 0 Å². The van der Waals surface area contributed by atoms with Crippen molar-refractivity contribution in [2.75, 3.05) is 6.54 Å². The second-order valence-corrected chi connectivity index (χ2v) is 7.34. The maximum absolute atomic E-state index is 4.57. The minimum Gasteiger partial charge on any atom is -0.293 e. The van der Waals surface area contributed by atoms with Gasteiger partial charge in [0.25, 0.3) is 0 Å². The molecule has 0 saturated carbocycles. The number of fused-ring (bicyclic) bond motifs is 1. The van der Waals surface area contributed by atoms with Crippen molar-refractivity contribution in [1.82, 2.24) is 25.3 Å². The van der Waals surface area contributed by atoms with E-state index < -0.39 is 0 Å². The summed E-state index contributed by atoms with van der Waals surface area (Å²) in [7, 11) is 0. The van der Waals surface area contributed by atoms with Crippen LogP contribution >= 0.6 is 0 Å². The first-order valence-electron chi connectivity index (χ1n) is 9.06. The molecule has 1 aromatic carbocycles. The second-order valence-electron chi connectivity index (χ2n) is 7.34. The summed E-state index contributed by atoms with van der Waals surface area (Å²) < 4.78 is 0. The Morgan fingerprint density at radius 1 is 1.12 bits per heavy atom. The molecule has 0 atom stereocenters. The Bertz CT molecular complexity index is 831. The number of hydrogen-bond donors (Lipinski definition) is 2. The van der Waals surface area contributed by atoms with Gasteiger partial charge in [-0.25, -0.2) is 0 Å². The van der Waals surface area contributed by atoms with Crippen molar-refractivity contribution in [3.8, 4) is 11.3 Å². The van der Waals surface area contributed by atoms with Crippen molar-refractivity contribution in [3.63, 3.8) is 0 Å². The lowest BCUT2D eigenvalue weighted by Crippen LogP contribution is -2.30. The monoisotopic (exact) mass is 335 g/mol. The number of nitrogens with zero attached hydrogens (tertiary/aromatic N) is 3. The van der Waals surface area contributed by atoms with Crippen LogP contribution in [0.4, 0.5) is 0 Å². The van der Waals surface area contributed by atoms with Crippen molar-refractivity contribution in [2.24, 2.45) is 5.92 Å². The van der Waals surface area contributed by atoms with Crippen LogP contribution in [0.1, 0.15) is 36.5 Å². The Kier molecular flexibility index (Phi) is 4.40. The predicted octanol–water partition coefficient (Wildman–Crippen LogP) is 3.56. The van der Waals surface area contributed by atoms with Gasteiger partial charge in [-0.1, -0.05) is 44.2 Å². The number of hydrogen-bond acceptors (Lipinski definition) is 3. The summed E-state index contributed by atoms with van der Waals surface area (Å²) >= 11 is 0. The number of H-pyrrole nitrogens is 2. The number of aromatic nitrogens is 4. The van der Waals surface area contributed by atoms with E-state index in [4.69, 9.17) is 0 Å². The summed E-state index contributed by atoms with van der Waals surface area (Å²) in [5.74, 6) is 0.632. The van der Waals surface area contributed by atoms with Crippen LogP contribution in [-0.4, -0.2) is 31.8 Å². The lowest BCUT2D eigenvalue weighted by molar-refractivity contribution is 0.242. The van der Waals surface area contributed by atoms with Gasteiger partial charge in [0.2, 0.25) is 0 Å². The highest BCUT2D eigenvalue weighted by Gasteiger charge is 2.23. The van der Waals surface area contributed by atoms with E-state index in [2.05, 4.69) is 69.5 Å². The molecular weight excluding hydrogens is 310 g/mol. The summed E-state index contributed by atoms with van der Waals surface area (Å²) in [6, 6.07) is 12.6. The van der Waals surface area contributed by atoms with Crippen LogP contribution in [-0.2, 0) is 25.9 Å². The van der Waals surface area contributed by atoms with Crippen LogP contribution < -0.4 is 0 Å². The average Bonchev–Trinajstić information content (AvgIpc) is 3.21. The van der Waals surface area contributed by atoms with E-state index in [9.17, 15) is 0 Å². The topological polar surface area (TPSA) is 60.6 Å². The Balaban J connectivity index is 1.49. The van der Waals surface area contributed by atoms with Gasteiger partial charge < -0.3 is 0 Å². The Morgan fingerprint density at radius 3 is 2.76 bits per heavy atom. The third kappa shape index (κ3) is 3.51. The Morgan fingerprint density at radius 2 is 1.96 bits per heavy atom. The van der Waals surface area contributed by atoms with E-state index in [1.54, 1.807) is 0 Å². The number of rotatable bonds is 5. The lowest BCUT2D eigenvalue weighted by atomic mass is 10.0. The van der Waals surface area contributed by atoms with E-state index in [-0.39, 0.29) is 0 Å².